The van der Waals surface area contributed by atoms with E-state index in [2.05, 4.69) is 5.16 Å². The second-order valence-corrected chi connectivity index (χ2v) is 3.43. The van der Waals surface area contributed by atoms with Gasteiger partial charge >= 0.3 is 0 Å². The lowest BCUT2D eigenvalue weighted by Crippen LogP contribution is -2.22. The summed E-state index contributed by atoms with van der Waals surface area (Å²) in [6, 6.07) is 6.45. The largest absolute Gasteiger partial charge is 0.543 e. The quantitative estimate of drug-likeness (QED) is 0.746. The van der Waals surface area contributed by atoms with Crippen molar-refractivity contribution in [2.75, 3.05) is 6.79 Å². The summed E-state index contributed by atoms with van der Waals surface area (Å²) in [6.45, 7) is 0.180. The van der Waals surface area contributed by atoms with Gasteiger partial charge in [-0.15, -0.1) is 0 Å². The van der Waals surface area contributed by atoms with E-state index in [-0.39, 0.29) is 12.5 Å². The highest BCUT2D eigenvalue weighted by atomic mass is 16.7. The summed E-state index contributed by atoms with van der Waals surface area (Å²) in [6.07, 6.45) is 0. The minimum Gasteiger partial charge on any atom is -0.543 e. The summed E-state index contributed by atoms with van der Waals surface area (Å²) in [5, 5.41) is 13.9. The van der Waals surface area contributed by atoms with E-state index in [0.29, 0.717) is 22.8 Å². The zero-order valence-corrected chi connectivity index (χ0v) is 8.50. The average molecular weight is 232 g/mol. The summed E-state index contributed by atoms with van der Waals surface area (Å²) in [5.74, 6) is 0.200. The van der Waals surface area contributed by atoms with Gasteiger partial charge in [-0.3, -0.25) is 0 Å². The normalized spacial score (nSPS) is 12.7. The third-order valence-electron chi connectivity index (χ3n) is 2.38. The van der Waals surface area contributed by atoms with E-state index in [1.54, 1.807) is 18.2 Å². The van der Waals surface area contributed by atoms with Gasteiger partial charge in [-0.2, -0.15) is 0 Å². The van der Waals surface area contributed by atoms with Crippen LogP contribution in [0.3, 0.4) is 0 Å². The molecule has 0 spiro atoms. The third kappa shape index (κ3) is 1.59. The van der Waals surface area contributed by atoms with Crippen LogP contribution in [0.15, 0.2) is 28.8 Å². The number of rotatable bonds is 2. The number of aromatic nitrogens is 1. The average Bonchev–Trinajstić information content (AvgIpc) is 2.97. The number of benzene rings is 1. The Morgan fingerprint density at radius 3 is 2.82 bits per heavy atom. The molecule has 6 nitrogen and oxygen atoms in total. The van der Waals surface area contributed by atoms with Crippen molar-refractivity contribution in [1.82, 2.24) is 5.16 Å². The number of hydrogen-bond acceptors (Lipinski definition) is 6. The Hall–Kier alpha value is -2.50. The molecule has 0 bridgehead atoms. The maximum Gasteiger partial charge on any atom is 0.231 e. The van der Waals surface area contributed by atoms with E-state index in [1.165, 1.54) is 6.07 Å². The van der Waals surface area contributed by atoms with Crippen molar-refractivity contribution in [3.05, 3.63) is 30.0 Å². The van der Waals surface area contributed by atoms with Crippen molar-refractivity contribution in [2.24, 2.45) is 0 Å². The molecule has 0 amide bonds. The summed E-state index contributed by atoms with van der Waals surface area (Å²) in [5.41, 5.74) is 0.423. The Bertz CT molecular complexity index is 589. The van der Waals surface area contributed by atoms with Gasteiger partial charge < -0.3 is 23.9 Å². The van der Waals surface area contributed by atoms with Crippen LogP contribution in [0.5, 0.6) is 11.5 Å². The fraction of sp³-hybridized carbons (Fsp3) is 0.0909. The van der Waals surface area contributed by atoms with E-state index in [0.717, 1.165) is 0 Å². The molecule has 0 N–H and O–H groups in total. The number of carbonyl (C=O) groups excluding carboxylic acids is 1. The standard InChI is InChI=1S/C11H7NO5/c13-11(14)7-4-9(17-12-7)6-1-2-8-10(3-6)16-5-15-8/h1-4H,5H2,(H,13,14)/p-1. The Labute approximate surface area is 95.4 Å². The summed E-state index contributed by atoms with van der Waals surface area (Å²) in [4.78, 5) is 10.6. The lowest BCUT2D eigenvalue weighted by Gasteiger charge is -1.98. The zero-order chi connectivity index (χ0) is 11.8. The van der Waals surface area contributed by atoms with E-state index < -0.39 is 5.97 Å². The van der Waals surface area contributed by atoms with Crippen LogP contribution in [0.4, 0.5) is 0 Å². The van der Waals surface area contributed by atoms with E-state index in [9.17, 15) is 9.90 Å². The highest BCUT2D eigenvalue weighted by molar-refractivity contribution is 5.84. The van der Waals surface area contributed by atoms with Crippen LogP contribution in [0.1, 0.15) is 10.5 Å². The molecule has 0 saturated carbocycles. The lowest BCUT2D eigenvalue weighted by molar-refractivity contribution is -0.255. The molecular weight excluding hydrogens is 226 g/mol. The molecule has 1 aliphatic heterocycles. The highest BCUT2D eigenvalue weighted by Crippen LogP contribution is 2.35. The zero-order valence-electron chi connectivity index (χ0n) is 8.50. The summed E-state index contributed by atoms with van der Waals surface area (Å²) in [7, 11) is 0. The first-order valence-corrected chi connectivity index (χ1v) is 4.82. The van der Waals surface area contributed by atoms with Gasteiger partial charge in [0.2, 0.25) is 6.79 Å². The molecular formula is C11H6NO5-. The van der Waals surface area contributed by atoms with Crippen LogP contribution in [0.2, 0.25) is 0 Å². The van der Waals surface area contributed by atoms with Crippen LogP contribution >= 0.6 is 0 Å². The Morgan fingerprint density at radius 2 is 2.06 bits per heavy atom. The molecule has 1 aromatic heterocycles. The molecule has 17 heavy (non-hydrogen) atoms. The predicted octanol–water partition coefficient (Wildman–Crippen LogP) is 0.434. The molecule has 2 heterocycles. The van der Waals surface area contributed by atoms with Gasteiger partial charge in [-0.1, -0.05) is 5.16 Å². The first-order valence-electron chi connectivity index (χ1n) is 4.82. The van der Waals surface area contributed by atoms with Crippen molar-refractivity contribution in [3.63, 3.8) is 0 Å². The first kappa shape index (κ1) is 9.71. The topological polar surface area (TPSA) is 84.6 Å². The summed E-state index contributed by atoms with van der Waals surface area (Å²) < 4.78 is 15.3. The summed E-state index contributed by atoms with van der Waals surface area (Å²) >= 11 is 0. The SMILES string of the molecule is O=C([O-])c1cc(-c2ccc3c(c2)OCO3)on1. The molecule has 1 aliphatic rings. The lowest BCUT2D eigenvalue weighted by atomic mass is 10.1. The Balaban J connectivity index is 2.00. The van der Waals surface area contributed by atoms with E-state index >= 15 is 0 Å². The monoisotopic (exact) mass is 232 g/mol. The number of carbonyl (C=O) groups is 1. The highest BCUT2D eigenvalue weighted by Gasteiger charge is 2.15. The Kier molecular flexibility index (Phi) is 2.01. The van der Waals surface area contributed by atoms with Gasteiger partial charge in [-0.05, 0) is 18.2 Å². The smallest absolute Gasteiger partial charge is 0.231 e. The Morgan fingerprint density at radius 1 is 1.24 bits per heavy atom. The van der Waals surface area contributed by atoms with Gasteiger partial charge in [0.25, 0.3) is 0 Å². The number of aromatic carboxylic acids is 1. The van der Waals surface area contributed by atoms with Gasteiger partial charge in [-0.25, -0.2) is 0 Å². The number of carboxylic acids is 1. The van der Waals surface area contributed by atoms with Crippen LogP contribution in [-0.2, 0) is 0 Å². The number of ether oxygens (including phenoxy) is 2. The predicted molar refractivity (Wildman–Crippen MR) is 52.4 cm³/mol. The molecule has 0 unspecified atom stereocenters. The minimum atomic E-state index is -1.37. The number of carboxylic acid groups (broad SMARTS) is 1. The van der Waals surface area contributed by atoms with Crippen molar-refractivity contribution < 1.29 is 23.9 Å². The maximum absolute atomic E-state index is 10.6. The fourth-order valence-corrected chi connectivity index (χ4v) is 1.56. The van der Waals surface area contributed by atoms with Crippen molar-refractivity contribution >= 4 is 5.97 Å². The second-order valence-electron chi connectivity index (χ2n) is 3.43. The minimum absolute atomic E-state index is 0.180. The molecule has 6 heteroatoms. The first-order chi connectivity index (χ1) is 8.24. The third-order valence-corrected chi connectivity index (χ3v) is 2.38. The van der Waals surface area contributed by atoms with Gasteiger partial charge in [0, 0.05) is 11.6 Å². The van der Waals surface area contributed by atoms with Crippen molar-refractivity contribution in [2.45, 2.75) is 0 Å². The van der Waals surface area contributed by atoms with Gasteiger partial charge in [0.15, 0.2) is 17.3 Å². The molecule has 0 radical (unpaired) electrons. The number of fused-ring (bicyclic) bond motifs is 1. The van der Waals surface area contributed by atoms with E-state index in [4.69, 9.17) is 14.0 Å². The van der Waals surface area contributed by atoms with Crippen LogP contribution < -0.4 is 14.6 Å². The molecule has 86 valence electrons. The number of nitrogens with zero attached hydrogens (tertiary/aromatic N) is 1. The van der Waals surface area contributed by atoms with Crippen molar-refractivity contribution in [3.8, 4) is 22.8 Å². The second kappa shape index (κ2) is 3.51. The van der Waals surface area contributed by atoms with Crippen molar-refractivity contribution in [1.29, 1.82) is 0 Å². The molecule has 0 saturated heterocycles. The van der Waals surface area contributed by atoms with E-state index in [1.807, 2.05) is 0 Å². The molecule has 0 fully saturated rings. The molecule has 0 atom stereocenters. The van der Waals surface area contributed by atoms with Crippen LogP contribution in [-0.4, -0.2) is 17.9 Å². The molecule has 1 aromatic carbocycles. The van der Waals surface area contributed by atoms with Crippen LogP contribution in [0.25, 0.3) is 11.3 Å². The fourth-order valence-electron chi connectivity index (χ4n) is 1.56. The van der Waals surface area contributed by atoms with Gasteiger partial charge in [0.05, 0.1) is 5.97 Å². The maximum atomic E-state index is 10.6. The molecule has 2 aromatic rings. The van der Waals surface area contributed by atoms with Gasteiger partial charge in [0.1, 0.15) is 5.69 Å². The molecule has 0 aliphatic carbocycles. The van der Waals surface area contributed by atoms with Crippen LogP contribution in [0, 0.1) is 0 Å². The molecule has 3 rings (SSSR count). The number of hydrogen-bond donors (Lipinski definition) is 0.